The van der Waals surface area contributed by atoms with Crippen molar-refractivity contribution in [3.8, 4) is 0 Å². The third-order valence-corrected chi connectivity index (χ3v) is 3.86. The lowest BCUT2D eigenvalue weighted by molar-refractivity contribution is 0.381. The molecule has 82 valence electrons. The molecule has 0 heterocycles. The van der Waals surface area contributed by atoms with Crippen molar-refractivity contribution in [2.24, 2.45) is 17.3 Å². The van der Waals surface area contributed by atoms with E-state index >= 15 is 0 Å². The molecule has 2 heteroatoms. The van der Waals surface area contributed by atoms with Crippen LogP contribution in [-0.2, 0) is 0 Å². The van der Waals surface area contributed by atoms with Crippen LogP contribution in [0.3, 0.4) is 0 Å². The lowest BCUT2D eigenvalue weighted by Gasteiger charge is -2.17. The van der Waals surface area contributed by atoms with E-state index in [2.05, 4.69) is 17.6 Å². The molecule has 2 rings (SSSR count). The topological polar surface area (TPSA) is 24.1 Å². The monoisotopic (exact) mass is 196 g/mol. The Morgan fingerprint density at radius 3 is 2.50 bits per heavy atom. The minimum absolute atomic E-state index is 0.759. The highest BCUT2D eigenvalue weighted by Crippen LogP contribution is 2.60. The molecule has 0 amide bonds. The van der Waals surface area contributed by atoms with Crippen molar-refractivity contribution in [2.45, 2.75) is 32.6 Å². The number of hydrogen-bond acceptors (Lipinski definition) is 2. The van der Waals surface area contributed by atoms with Gasteiger partial charge in [0.15, 0.2) is 0 Å². The van der Waals surface area contributed by atoms with E-state index in [-0.39, 0.29) is 0 Å². The normalized spacial score (nSPS) is 26.1. The Kier molecular flexibility index (Phi) is 3.13. The molecule has 1 atom stereocenters. The van der Waals surface area contributed by atoms with Gasteiger partial charge in [-0.2, -0.15) is 0 Å². The molecule has 0 saturated heterocycles. The first kappa shape index (κ1) is 10.4. The van der Waals surface area contributed by atoms with Crippen molar-refractivity contribution in [2.75, 3.05) is 26.7 Å². The summed E-state index contributed by atoms with van der Waals surface area (Å²) < 4.78 is 0. The molecule has 2 saturated carbocycles. The van der Waals surface area contributed by atoms with Gasteiger partial charge >= 0.3 is 0 Å². The molecule has 2 aliphatic carbocycles. The first-order chi connectivity index (χ1) is 6.77. The zero-order valence-electron chi connectivity index (χ0n) is 9.60. The Hall–Kier alpha value is -0.0800. The van der Waals surface area contributed by atoms with E-state index in [4.69, 9.17) is 0 Å². The summed E-state index contributed by atoms with van der Waals surface area (Å²) in [6.07, 6.45) is 6.00. The molecular formula is C12H24N2. The molecule has 0 radical (unpaired) electrons. The second-order valence-corrected chi connectivity index (χ2v) is 5.43. The Morgan fingerprint density at radius 1 is 1.29 bits per heavy atom. The molecule has 2 N–H and O–H groups in total. The summed E-state index contributed by atoms with van der Waals surface area (Å²) in [5.41, 5.74) is 0.763. The van der Waals surface area contributed by atoms with Crippen molar-refractivity contribution in [1.82, 2.24) is 10.6 Å². The molecular weight excluding hydrogens is 172 g/mol. The molecule has 0 aromatic carbocycles. The average Bonchev–Trinajstić information content (AvgIpc) is 3.00. The minimum Gasteiger partial charge on any atom is -0.319 e. The fourth-order valence-electron chi connectivity index (χ4n) is 2.57. The predicted molar refractivity (Wildman–Crippen MR) is 60.4 cm³/mol. The molecule has 1 unspecified atom stereocenters. The van der Waals surface area contributed by atoms with Crippen molar-refractivity contribution in [3.05, 3.63) is 0 Å². The van der Waals surface area contributed by atoms with Crippen LogP contribution in [0.25, 0.3) is 0 Å². The molecule has 2 nitrogen and oxygen atoms in total. The van der Waals surface area contributed by atoms with Crippen LogP contribution in [0.5, 0.6) is 0 Å². The van der Waals surface area contributed by atoms with E-state index < -0.39 is 0 Å². The van der Waals surface area contributed by atoms with Gasteiger partial charge in [-0.1, -0.05) is 6.92 Å². The number of nitrogens with one attached hydrogen (secondary N) is 2. The highest BCUT2D eigenvalue weighted by Gasteiger charge is 2.53. The molecule has 0 bridgehead atoms. The Bertz CT molecular complexity index is 183. The maximum absolute atomic E-state index is 3.65. The summed E-state index contributed by atoms with van der Waals surface area (Å²) in [4.78, 5) is 0. The third kappa shape index (κ3) is 2.48. The van der Waals surface area contributed by atoms with Gasteiger partial charge in [0.2, 0.25) is 0 Å². The van der Waals surface area contributed by atoms with E-state index in [1.807, 2.05) is 7.05 Å². The summed E-state index contributed by atoms with van der Waals surface area (Å²) in [5.74, 6) is 1.85. The zero-order valence-corrected chi connectivity index (χ0v) is 9.60. The van der Waals surface area contributed by atoms with Gasteiger partial charge in [0.05, 0.1) is 0 Å². The SMILES string of the molecule is CNCC(C)CNCC1(C2CC2)CC1. The lowest BCUT2D eigenvalue weighted by Crippen LogP contribution is -2.32. The standard InChI is InChI=1S/C12H24N2/c1-10(7-13-2)8-14-9-12(5-6-12)11-3-4-11/h10-11,13-14H,3-9H2,1-2H3. The van der Waals surface area contributed by atoms with Gasteiger partial charge in [0.1, 0.15) is 0 Å². The highest BCUT2D eigenvalue weighted by atomic mass is 14.9. The molecule has 2 fully saturated rings. The summed E-state index contributed by atoms with van der Waals surface area (Å²) in [5, 5.41) is 6.88. The second kappa shape index (κ2) is 4.19. The summed E-state index contributed by atoms with van der Waals surface area (Å²) in [6, 6.07) is 0. The first-order valence-corrected chi connectivity index (χ1v) is 6.12. The van der Waals surface area contributed by atoms with Crippen molar-refractivity contribution >= 4 is 0 Å². The number of rotatable bonds is 7. The smallest absolute Gasteiger partial charge is 0.00106 e. The van der Waals surface area contributed by atoms with Gasteiger partial charge in [-0.25, -0.2) is 0 Å². The van der Waals surface area contributed by atoms with E-state index in [0.29, 0.717) is 0 Å². The van der Waals surface area contributed by atoms with Gasteiger partial charge in [-0.15, -0.1) is 0 Å². The molecule has 0 aliphatic heterocycles. The van der Waals surface area contributed by atoms with Crippen LogP contribution in [0.15, 0.2) is 0 Å². The van der Waals surface area contributed by atoms with Crippen LogP contribution >= 0.6 is 0 Å². The maximum atomic E-state index is 3.65. The third-order valence-electron chi connectivity index (χ3n) is 3.86. The Labute approximate surface area is 87.8 Å². The largest absolute Gasteiger partial charge is 0.319 e. The van der Waals surface area contributed by atoms with Crippen molar-refractivity contribution < 1.29 is 0 Å². The first-order valence-electron chi connectivity index (χ1n) is 6.12. The molecule has 0 aromatic heterocycles. The second-order valence-electron chi connectivity index (χ2n) is 5.43. The summed E-state index contributed by atoms with van der Waals surface area (Å²) in [7, 11) is 2.03. The fourth-order valence-corrected chi connectivity index (χ4v) is 2.57. The van der Waals surface area contributed by atoms with Crippen LogP contribution in [0, 0.1) is 17.3 Å². The van der Waals surface area contributed by atoms with Crippen molar-refractivity contribution in [3.63, 3.8) is 0 Å². The van der Waals surface area contributed by atoms with Crippen LogP contribution < -0.4 is 10.6 Å². The van der Waals surface area contributed by atoms with Crippen LogP contribution in [0.1, 0.15) is 32.6 Å². The molecule has 2 aliphatic rings. The molecule has 14 heavy (non-hydrogen) atoms. The van der Waals surface area contributed by atoms with E-state index in [0.717, 1.165) is 23.8 Å². The van der Waals surface area contributed by atoms with Crippen LogP contribution in [0.2, 0.25) is 0 Å². The van der Waals surface area contributed by atoms with E-state index in [9.17, 15) is 0 Å². The molecule has 0 aromatic rings. The zero-order chi connectivity index (χ0) is 10.0. The average molecular weight is 196 g/mol. The minimum atomic E-state index is 0.759. The van der Waals surface area contributed by atoms with E-state index in [1.165, 1.54) is 38.8 Å². The van der Waals surface area contributed by atoms with Crippen molar-refractivity contribution in [1.29, 1.82) is 0 Å². The fraction of sp³-hybridized carbons (Fsp3) is 1.00. The number of hydrogen-bond donors (Lipinski definition) is 2. The summed E-state index contributed by atoms with van der Waals surface area (Å²) in [6.45, 7) is 5.89. The van der Waals surface area contributed by atoms with E-state index in [1.54, 1.807) is 0 Å². The predicted octanol–water partition coefficient (Wildman–Crippen LogP) is 1.62. The highest BCUT2D eigenvalue weighted by molar-refractivity contribution is 5.04. The summed E-state index contributed by atoms with van der Waals surface area (Å²) >= 11 is 0. The van der Waals surface area contributed by atoms with Gasteiger partial charge in [0.25, 0.3) is 0 Å². The lowest BCUT2D eigenvalue weighted by atomic mass is 10.0. The van der Waals surface area contributed by atoms with Crippen LogP contribution in [0.4, 0.5) is 0 Å². The van der Waals surface area contributed by atoms with Crippen LogP contribution in [-0.4, -0.2) is 26.7 Å². The molecule has 0 spiro atoms. The Morgan fingerprint density at radius 2 is 2.00 bits per heavy atom. The Balaban J connectivity index is 1.58. The van der Waals surface area contributed by atoms with Gasteiger partial charge in [0, 0.05) is 6.54 Å². The quantitative estimate of drug-likeness (QED) is 0.646. The van der Waals surface area contributed by atoms with Gasteiger partial charge in [-0.3, -0.25) is 0 Å². The van der Waals surface area contributed by atoms with Gasteiger partial charge < -0.3 is 10.6 Å². The van der Waals surface area contributed by atoms with Gasteiger partial charge in [-0.05, 0) is 63.1 Å². The maximum Gasteiger partial charge on any atom is 0.00106 e.